The highest BCUT2D eigenvalue weighted by atomic mass is 127. The van der Waals surface area contributed by atoms with Gasteiger partial charge in [0.25, 0.3) is 0 Å². The lowest BCUT2D eigenvalue weighted by Crippen LogP contribution is -2.42. The summed E-state index contributed by atoms with van der Waals surface area (Å²) in [6.07, 6.45) is 4.08. The zero-order valence-corrected chi connectivity index (χ0v) is 21.6. The molecular formula is C23H34IN5OS. The van der Waals surface area contributed by atoms with Crippen LogP contribution in [-0.2, 0) is 17.6 Å². The van der Waals surface area contributed by atoms with E-state index < -0.39 is 0 Å². The summed E-state index contributed by atoms with van der Waals surface area (Å²) >= 11 is 1.67. The number of guanidine groups is 1. The molecular weight excluding hydrogens is 521 g/mol. The second kappa shape index (κ2) is 13.7. The van der Waals surface area contributed by atoms with E-state index in [0.29, 0.717) is 11.9 Å². The van der Waals surface area contributed by atoms with Crippen molar-refractivity contribution in [3.63, 3.8) is 0 Å². The molecule has 1 fully saturated rings. The number of nitrogens with one attached hydrogen (secondary N) is 2. The van der Waals surface area contributed by atoms with Gasteiger partial charge in [-0.15, -0.1) is 35.3 Å². The molecule has 2 aromatic rings. The van der Waals surface area contributed by atoms with Crippen molar-refractivity contribution in [3.05, 3.63) is 52.0 Å². The molecule has 0 bridgehead atoms. The maximum absolute atomic E-state index is 12.6. The summed E-state index contributed by atoms with van der Waals surface area (Å²) in [4.78, 5) is 23.6. The summed E-state index contributed by atoms with van der Waals surface area (Å²) in [5.41, 5.74) is 2.48. The fourth-order valence-electron chi connectivity index (χ4n) is 3.75. The largest absolute Gasteiger partial charge is 0.357 e. The molecule has 2 N–H and O–H groups in total. The van der Waals surface area contributed by atoms with Crippen LogP contribution in [-0.4, -0.2) is 54.5 Å². The number of halogens is 1. The number of aryl methyl sites for hydroxylation is 1. The number of benzene rings is 1. The van der Waals surface area contributed by atoms with Crippen molar-refractivity contribution in [1.82, 2.24) is 20.5 Å². The van der Waals surface area contributed by atoms with Gasteiger partial charge in [-0.05, 0) is 44.6 Å². The normalized spacial score (nSPS) is 14.8. The Morgan fingerprint density at radius 2 is 1.97 bits per heavy atom. The van der Waals surface area contributed by atoms with Crippen LogP contribution in [0.3, 0.4) is 0 Å². The fourth-order valence-corrected chi connectivity index (χ4v) is 4.40. The number of rotatable bonds is 8. The number of carbonyl (C=O) groups is 1. The number of piperidine rings is 1. The van der Waals surface area contributed by atoms with Crippen LogP contribution in [0.25, 0.3) is 0 Å². The van der Waals surface area contributed by atoms with Gasteiger partial charge in [0, 0.05) is 38.0 Å². The van der Waals surface area contributed by atoms with Gasteiger partial charge in [-0.25, -0.2) is 9.98 Å². The van der Waals surface area contributed by atoms with Crippen LogP contribution < -0.4 is 10.6 Å². The Morgan fingerprint density at radius 3 is 2.61 bits per heavy atom. The zero-order valence-electron chi connectivity index (χ0n) is 18.5. The third-order valence-electron chi connectivity index (χ3n) is 5.39. The number of carbonyl (C=O) groups excluding carboxylic acids is 1. The first-order valence-corrected chi connectivity index (χ1v) is 11.8. The first-order chi connectivity index (χ1) is 14.6. The van der Waals surface area contributed by atoms with Gasteiger partial charge in [0.15, 0.2) is 5.96 Å². The number of hydrogen-bond acceptors (Lipinski definition) is 4. The van der Waals surface area contributed by atoms with Crippen molar-refractivity contribution < 1.29 is 4.79 Å². The van der Waals surface area contributed by atoms with E-state index in [1.807, 2.05) is 18.7 Å². The standard InChI is InChI=1S/C23H33N5OS.HI/c1-3-24-23(25-12-9-21-17-30-18(2)27-21)26-16-22(29)28-13-10-20(11-14-28)15-19-7-5-4-6-8-19;/h4-8,17,20H,3,9-16H2,1-2H3,(H2,24,25,26);1H. The minimum atomic E-state index is 0. The number of aromatic nitrogens is 1. The highest BCUT2D eigenvalue weighted by Crippen LogP contribution is 2.21. The summed E-state index contributed by atoms with van der Waals surface area (Å²) in [6, 6.07) is 10.6. The maximum atomic E-state index is 12.6. The SMILES string of the molecule is CCNC(=NCC(=O)N1CCC(Cc2ccccc2)CC1)NCCc1csc(C)n1.I. The van der Waals surface area contributed by atoms with Gasteiger partial charge in [-0.3, -0.25) is 4.79 Å². The average Bonchev–Trinajstić information content (AvgIpc) is 3.18. The number of aliphatic imine (C=N–C) groups is 1. The summed E-state index contributed by atoms with van der Waals surface area (Å²) < 4.78 is 0. The van der Waals surface area contributed by atoms with E-state index in [4.69, 9.17) is 0 Å². The van der Waals surface area contributed by atoms with Crippen LogP contribution in [0.1, 0.15) is 36.0 Å². The molecule has 1 aliphatic heterocycles. The van der Waals surface area contributed by atoms with Crippen molar-refractivity contribution in [2.75, 3.05) is 32.7 Å². The minimum absolute atomic E-state index is 0. The molecule has 1 aromatic carbocycles. The van der Waals surface area contributed by atoms with E-state index in [1.54, 1.807) is 11.3 Å². The van der Waals surface area contributed by atoms with E-state index in [9.17, 15) is 4.79 Å². The maximum Gasteiger partial charge on any atom is 0.244 e. The molecule has 1 aromatic heterocycles. The number of likely N-dealkylation sites (tertiary alicyclic amines) is 1. The van der Waals surface area contributed by atoms with Crippen molar-refractivity contribution in [1.29, 1.82) is 0 Å². The number of amides is 1. The van der Waals surface area contributed by atoms with Crippen LogP contribution in [0.2, 0.25) is 0 Å². The van der Waals surface area contributed by atoms with Gasteiger partial charge >= 0.3 is 0 Å². The average molecular weight is 556 g/mol. The molecule has 0 aliphatic carbocycles. The van der Waals surface area contributed by atoms with Crippen molar-refractivity contribution >= 4 is 47.2 Å². The van der Waals surface area contributed by atoms with Gasteiger partial charge in [0.05, 0.1) is 10.7 Å². The summed E-state index contributed by atoms with van der Waals surface area (Å²) in [5, 5.41) is 9.70. The van der Waals surface area contributed by atoms with E-state index >= 15 is 0 Å². The van der Waals surface area contributed by atoms with Crippen molar-refractivity contribution in [2.24, 2.45) is 10.9 Å². The first-order valence-electron chi connectivity index (χ1n) is 10.9. The Morgan fingerprint density at radius 1 is 1.23 bits per heavy atom. The second-order valence-electron chi connectivity index (χ2n) is 7.74. The third kappa shape index (κ3) is 8.76. The number of hydrogen-bond donors (Lipinski definition) is 2. The van der Waals surface area contributed by atoms with Gasteiger partial charge in [-0.2, -0.15) is 0 Å². The molecule has 2 heterocycles. The molecule has 3 rings (SSSR count). The Bertz CT molecular complexity index is 818. The molecule has 0 radical (unpaired) electrons. The highest BCUT2D eigenvalue weighted by Gasteiger charge is 2.22. The van der Waals surface area contributed by atoms with Crippen molar-refractivity contribution in [2.45, 2.75) is 39.5 Å². The zero-order chi connectivity index (χ0) is 21.2. The Labute approximate surface area is 207 Å². The van der Waals surface area contributed by atoms with E-state index in [1.165, 1.54) is 5.56 Å². The monoisotopic (exact) mass is 555 g/mol. The second-order valence-corrected chi connectivity index (χ2v) is 8.81. The molecule has 31 heavy (non-hydrogen) atoms. The lowest BCUT2D eigenvalue weighted by atomic mass is 9.90. The fraction of sp³-hybridized carbons (Fsp3) is 0.522. The van der Waals surface area contributed by atoms with E-state index in [0.717, 1.165) is 62.6 Å². The van der Waals surface area contributed by atoms with Crippen LogP contribution >= 0.6 is 35.3 Å². The molecule has 170 valence electrons. The lowest BCUT2D eigenvalue weighted by molar-refractivity contribution is -0.130. The molecule has 1 aliphatic rings. The molecule has 1 amide bonds. The minimum Gasteiger partial charge on any atom is -0.357 e. The van der Waals surface area contributed by atoms with Gasteiger partial charge in [0.1, 0.15) is 6.54 Å². The molecule has 6 nitrogen and oxygen atoms in total. The van der Waals surface area contributed by atoms with Crippen LogP contribution in [0.4, 0.5) is 0 Å². The predicted octanol–water partition coefficient (Wildman–Crippen LogP) is 3.65. The quantitative estimate of drug-likeness (QED) is 0.297. The summed E-state index contributed by atoms with van der Waals surface area (Å²) in [6.45, 7) is 7.41. The van der Waals surface area contributed by atoms with E-state index in [2.05, 4.69) is 56.3 Å². The Hall–Kier alpha value is -1.68. The molecule has 0 unspecified atom stereocenters. The molecule has 1 saturated heterocycles. The van der Waals surface area contributed by atoms with Crippen LogP contribution in [0.5, 0.6) is 0 Å². The van der Waals surface area contributed by atoms with Crippen LogP contribution in [0, 0.1) is 12.8 Å². The van der Waals surface area contributed by atoms with Gasteiger partial charge < -0.3 is 15.5 Å². The lowest BCUT2D eigenvalue weighted by Gasteiger charge is -2.32. The molecule has 0 atom stereocenters. The predicted molar refractivity (Wildman–Crippen MR) is 139 cm³/mol. The van der Waals surface area contributed by atoms with E-state index in [-0.39, 0.29) is 36.4 Å². The Kier molecular flexibility index (Phi) is 11.3. The highest BCUT2D eigenvalue weighted by molar-refractivity contribution is 14.0. The first kappa shape index (κ1) is 25.6. The summed E-state index contributed by atoms with van der Waals surface area (Å²) in [5.74, 6) is 1.46. The topological polar surface area (TPSA) is 69.6 Å². The number of nitrogens with zero attached hydrogens (tertiary/aromatic N) is 3. The number of thiazole rings is 1. The molecule has 0 spiro atoms. The van der Waals surface area contributed by atoms with Crippen LogP contribution in [0.15, 0.2) is 40.7 Å². The van der Waals surface area contributed by atoms with Gasteiger partial charge in [0.2, 0.25) is 5.91 Å². The van der Waals surface area contributed by atoms with Gasteiger partial charge in [-0.1, -0.05) is 30.3 Å². The molecule has 0 saturated carbocycles. The summed E-state index contributed by atoms with van der Waals surface area (Å²) in [7, 11) is 0. The molecule has 8 heteroatoms. The third-order valence-corrected chi connectivity index (χ3v) is 6.21. The smallest absolute Gasteiger partial charge is 0.244 e. The van der Waals surface area contributed by atoms with Crippen molar-refractivity contribution in [3.8, 4) is 0 Å². The Balaban J connectivity index is 0.00000341.